The Hall–Kier alpha value is -0.850. The van der Waals surface area contributed by atoms with Gasteiger partial charge in [0.15, 0.2) is 0 Å². The van der Waals surface area contributed by atoms with Gasteiger partial charge in [0, 0.05) is 0 Å². The molecule has 0 unspecified atom stereocenters. The lowest BCUT2D eigenvalue weighted by molar-refractivity contribution is 0.667. The van der Waals surface area contributed by atoms with E-state index in [-0.39, 0.29) is 5.83 Å². The Bertz CT molecular complexity index is 120. The molecule has 0 bridgehead atoms. The maximum absolute atomic E-state index is 12.1. The highest BCUT2D eigenvalue weighted by molar-refractivity contribution is 5.15. The number of rotatable bonds is 2. The van der Waals surface area contributed by atoms with E-state index in [2.05, 4.69) is 6.58 Å². The lowest BCUT2D eigenvalue weighted by Crippen LogP contribution is -1.58. The van der Waals surface area contributed by atoms with Gasteiger partial charge < -0.3 is 0 Å². The van der Waals surface area contributed by atoms with Gasteiger partial charge in [0.05, 0.1) is 0 Å². The molecule has 0 aromatic carbocycles. The smallest absolute Gasteiger partial charge is 0.122 e. The summed E-state index contributed by atoms with van der Waals surface area (Å²) in [4.78, 5) is 0. The van der Waals surface area contributed by atoms with Gasteiger partial charge in [-0.05, 0) is 19.1 Å². The first-order valence-electron chi connectivity index (χ1n) is 2.42. The zero-order valence-electron chi connectivity index (χ0n) is 4.89. The summed E-state index contributed by atoms with van der Waals surface area (Å²) in [5.74, 6) is -0.262. The standard InChI is InChI=1S/C7H9F/c1-3-5-7(8)6-4-2/h3-6H,1H2,2H3/b6-4+,7-5+. The molecule has 1 heteroatoms. The van der Waals surface area contributed by atoms with E-state index in [1.165, 1.54) is 18.2 Å². The second-order valence-electron chi connectivity index (χ2n) is 1.29. The third-order valence-corrected chi connectivity index (χ3v) is 0.603. The molecule has 0 fully saturated rings. The molecule has 0 radical (unpaired) electrons. The van der Waals surface area contributed by atoms with Gasteiger partial charge in [-0.2, -0.15) is 0 Å². The topological polar surface area (TPSA) is 0 Å². The van der Waals surface area contributed by atoms with Crippen molar-refractivity contribution in [3.8, 4) is 0 Å². The predicted octanol–water partition coefficient (Wildman–Crippen LogP) is 2.60. The van der Waals surface area contributed by atoms with E-state index < -0.39 is 0 Å². The van der Waals surface area contributed by atoms with Crippen molar-refractivity contribution in [2.24, 2.45) is 0 Å². The van der Waals surface area contributed by atoms with Crippen LogP contribution in [0.3, 0.4) is 0 Å². The zero-order chi connectivity index (χ0) is 6.41. The van der Waals surface area contributed by atoms with Crippen LogP contribution < -0.4 is 0 Å². The maximum Gasteiger partial charge on any atom is 0.122 e. The minimum atomic E-state index is -0.262. The molecule has 0 rings (SSSR count). The van der Waals surface area contributed by atoms with E-state index in [1.54, 1.807) is 13.0 Å². The first kappa shape index (κ1) is 7.15. The maximum atomic E-state index is 12.1. The first-order chi connectivity index (χ1) is 3.81. The molecule has 0 saturated heterocycles. The quantitative estimate of drug-likeness (QED) is 0.481. The summed E-state index contributed by atoms with van der Waals surface area (Å²) in [6.07, 6.45) is 5.73. The third kappa shape index (κ3) is 3.34. The minimum Gasteiger partial charge on any atom is -0.207 e. The molecule has 0 aromatic heterocycles. The van der Waals surface area contributed by atoms with Gasteiger partial charge in [-0.3, -0.25) is 0 Å². The summed E-state index contributed by atoms with van der Waals surface area (Å²) < 4.78 is 12.1. The van der Waals surface area contributed by atoms with Crippen LogP contribution in [0.5, 0.6) is 0 Å². The molecule has 0 aliphatic heterocycles. The van der Waals surface area contributed by atoms with Gasteiger partial charge in [0.25, 0.3) is 0 Å². The summed E-state index contributed by atoms with van der Waals surface area (Å²) >= 11 is 0. The molecule has 0 saturated carbocycles. The van der Waals surface area contributed by atoms with Crippen LogP contribution in [0.15, 0.2) is 36.7 Å². The molecular weight excluding hydrogens is 103 g/mol. The van der Waals surface area contributed by atoms with Crippen molar-refractivity contribution in [2.75, 3.05) is 0 Å². The Morgan fingerprint density at radius 1 is 1.62 bits per heavy atom. The van der Waals surface area contributed by atoms with Crippen LogP contribution in [0.25, 0.3) is 0 Å². The summed E-state index contributed by atoms with van der Waals surface area (Å²) in [5, 5.41) is 0. The largest absolute Gasteiger partial charge is 0.207 e. The number of hydrogen-bond acceptors (Lipinski definition) is 0. The minimum absolute atomic E-state index is 0.262. The normalized spacial score (nSPS) is 12.5. The Morgan fingerprint density at radius 3 is 2.62 bits per heavy atom. The molecular formula is C7H9F. The van der Waals surface area contributed by atoms with Crippen LogP contribution in [0, 0.1) is 0 Å². The van der Waals surface area contributed by atoms with Gasteiger partial charge in [-0.15, -0.1) is 0 Å². The second kappa shape index (κ2) is 4.31. The predicted molar refractivity (Wildman–Crippen MR) is 34.2 cm³/mol. The van der Waals surface area contributed by atoms with E-state index >= 15 is 0 Å². The number of halogens is 1. The van der Waals surface area contributed by atoms with Crippen molar-refractivity contribution in [3.63, 3.8) is 0 Å². The van der Waals surface area contributed by atoms with Gasteiger partial charge in [-0.25, -0.2) is 4.39 Å². The highest BCUT2D eigenvalue weighted by Gasteiger charge is 1.77. The Labute approximate surface area is 49.0 Å². The number of allylic oxidation sites excluding steroid dienone is 5. The van der Waals surface area contributed by atoms with Crippen LogP contribution in [0.4, 0.5) is 4.39 Å². The van der Waals surface area contributed by atoms with Crippen LogP contribution in [-0.2, 0) is 0 Å². The van der Waals surface area contributed by atoms with Crippen LogP contribution in [-0.4, -0.2) is 0 Å². The van der Waals surface area contributed by atoms with Crippen molar-refractivity contribution in [1.82, 2.24) is 0 Å². The van der Waals surface area contributed by atoms with Crippen LogP contribution in [0.2, 0.25) is 0 Å². The molecule has 0 aliphatic rings. The van der Waals surface area contributed by atoms with Crippen molar-refractivity contribution in [2.45, 2.75) is 6.92 Å². The summed E-state index contributed by atoms with van der Waals surface area (Å²) in [7, 11) is 0. The van der Waals surface area contributed by atoms with Gasteiger partial charge >= 0.3 is 0 Å². The fourth-order valence-corrected chi connectivity index (χ4v) is 0.327. The Balaban J connectivity index is 3.79. The molecule has 0 aliphatic carbocycles. The van der Waals surface area contributed by atoms with E-state index in [4.69, 9.17) is 0 Å². The van der Waals surface area contributed by atoms with Gasteiger partial charge in [0.1, 0.15) is 5.83 Å². The average Bonchev–Trinajstić information content (AvgIpc) is 1.68. The fraction of sp³-hybridized carbons (Fsp3) is 0.143. The van der Waals surface area contributed by atoms with E-state index in [0.717, 1.165) is 0 Å². The molecule has 44 valence electrons. The first-order valence-corrected chi connectivity index (χ1v) is 2.42. The molecule has 0 heterocycles. The zero-order valence-corrected chi connectivity index (χ0v) is 4.89. The average molecular weight is 112 g/mol. The third-order valence-electron chi connectivity index (χ3n) is 0.603. The van der Waals surface area contributed by atoms with E-state index in [1.807, 2.05) is 0 Å². The Morgan fingerprint density at radius 2 is 2.25 bits per heavy atom. The monoisotopic (exact) mass is 112 g/mol. The van der Waals surface area contributed by atoms with Crippen molar-refractivity contribution < 1.29 is 4.39 Å². The van der Waals surface area contributed by atoms with E-state index in [9.17, 15) is 4.39 Å². The highest BCUT2D eigenvalue weighted by Crippen LogP contribution is 1.96. The van der Waals surface area contributed by atoms with Crippen LogP contribution in [0.1, 0.15) is 6.92 Å². The summed E-state index contributed by atoms with van der Waals surface area (Å²) in [6, 6.07) is 0. The SMILES string of the molecule is C=C/C=C(F)\C=C\C. The fourth-order valence-electron chi connectivity index (χ4n) is 0.327. The Kier molecular flexibility index (Phi) is 3.85. The van der Waals surface area contributed by atoms with Crippen molar-refractivity contribution in [1.29, 1.82) is 0 Å². The molecule has 0 N–H and O–H groups in total. The second-order valence-corrected chi connectivity index (χ2v) is 1.29. The molecule has 0 amide bonds. The molecule has 0 atom stereocenters. The lowest BCUT2D eigenvalue weighted by Gasteiger charge is -1.77. The highest BCUT2D eigenvalue weighted by atomic mass is 19.1. The molecule has 0 nitrogen and oxygen atoms in total. The molecule has 0 spiro atoms. The molecule has 8 heavy (non-hydrogen) atoms. The lowest BCUT2D eigenvalue weighted by atomic mass is 10.4. The number of hydrogen-bond donors (Lipinski definition) is 0. The van der Waals surface area contributed by atoms with Gasteiger partial charge in [-0.1, -0.05) is 18.7 Å². The molecule has 0 aromatic rings. The summed E-state index contributed by atoms with van der Waals surface area (Å²) in [6.45, 7) is 5.09. The van der Waals surface area contributed by atoms with Crippen LogP contribution >= 0.6 is 0 Å². The van der Waals surface area contributed by atoms with E-state index in [0.29, 0.717) is 0 Å². The van der Waals surface area contributed by atoms with Gasteiger partial charge in [0.2, 0.25) is 0 Å². The van der Waals surface area contributed by atoms with Crippen molar-refractivity contribution >= 4 is 0 Å². The van der Waals surface area contributed by atoms with Crippen molar-refractivity contribution in [3.05, 3.63) is 36.7 Å². The summed E-state index contributed by atoms with van der Waals surface area (Å²) in [5.41, 5.74) is 0.